The molecule has 1 aromatic carbocycles. The van der Waals surface area contributed by atoms with Crippen molar-refractivity contribution in [1.82, 2.24) is 0 Å². The molecule has 0 amide bonds. The molecule has 1 rings (SSSR count). The molecule has 1 unspecified atom stereocenters. The van der Waals surface area contributed by atoms with Crippen LogP contribution in [0.4, 0.5) is 0 Å². The second-order valence-electron chi connectivity index (χ2n) is 4.43. The Bertz CT molecular complexity index is 582. The molecule has 0 bridgehead atoms. The van der Waals surface area contributed by atoms with Crippen molar-refractivity contribution in [2.24, 2.45) is 5.92 Å². The number of methoxy groups -OCH3 is 2. The predicted molar refractivity (Wildman–Crippen MR) is 76.7 cm³/mol. The first-order chi connectivity index (χ1) is 9.29. The normalized spacial score (nSPS) is 12.8. The molecule has 0 aliphatic rings. The molecule has 20 heavy (non-hydrogen) atoms. The third-order valence-electron chi connectivity index (χ3n) is 2.73. The summed E-state index contributed by atoms with van der Waals surface area (Å²) >= 11 is 5.86. The molecule has 0 saturated carbocycles. The van der Waals surface area contributed by atoms with Crippen molar-refractivity contribution in [3.05, 3.63) is 28.8 Å². The van der Waals surface area contributed by atoms with Crippen LogP contribution >= 0.6 is 11.6 Å². The van der Waals surface area contributed by atoms with Crippen LogP contribution in [0.15, 0.2) is 18.2 Å². The maximum absolute atomic E-state index is 12.1. The van der Waals surface area contributed by atoms with Gasteiger partial charge in [-0.25, -0.2) is 8.42 Å². The Hall–Kier alpha value is -1.27. The second kappa shape index (κ2) is 6.95. The SMILES string of the molecule is COC(=O)C(C)CS(=O)(=O)Cc1cc(Cl)ccc1OC. The Balaban J connectivity index is 2.91. The number of halogens is 1. The first-order valence-corrected chi connectivity index (χ1v) is 8.09. The third kappa shape index (κ3) is 4.68. The second-order valence-corrected chi connectivity index (χ2v) is 6.98. The molecule has 0 radical (unpaired) electrons. The number of hydrogen-bond acceptors (Lipinski definition) is 5. The van der Waals surface area contributed by atoms with Gasteiger partial charge in [0.25, 0.3) is 0 Å². The molecule has 0 spiro atoms. The summed E-state index contributed by atoms with van der Waals surface area (Å²) < 4.78 is 33.8. The average Bonchev–Trinajstić information content (AvgIpc) is 2.36. The van der Waals surface area contributed by atoms with Crippen LogP contribution in [-0.4, -0.2) is 34.4 Å². The Kier molecular flexibility index (Phi) is 5.83. The van der Waals surface area contributed by atoms with Gasteiger partial charge in [-0.2, -0.15) is 0 Å². The van der Waals surface area contributed by atoms with Crippen molar-refractivity contribution in [3.8, 4) is 5.75 Å². The molecule has 0 aromatic heterocycles. The summed E-state index contributed by atoms with van der Waals surface area (Å²) in [6.45, 7) is 1.51. The summed E-state index contributed by atoms with van der Waals surface area (Å²) in [6.07, 6.45) is 0. The van der Waals surface area contributed by atoms with Crippen LogP contribution in [0, 0.1) is 5.92 Å². The maximum atomic E-state index is 12.1. The fraction of sp³-hybridized carbons (Fsp3) is 0.462. The maximum Gasteiger partial charge on any atom is 0.309 e. The van der Waals surface area contributed by atoms with E-state index < -0.39 is 21.7 Å². The molecule has 0 N–H and O–H groups in total. The summed E-state index contributed by atoms with van der Waals surface area (Å²) in [7, 11) is -0.795. The van der Waals surface area contributed by atoms with Crippen LogP contribution in [-0.2, 0) is 25.1 Å². The molecule has 1 aromatic rings. The van der Waals surface area contributed by atoms with Gasteiger partial charge in [-0.1, -0.05) is 18.5 Å². The Morgan fingerprint density at radius 2 is 2.00 bits per heavy atom. The standard InChI is InChI=1S/C13H17ClO5S/c1-9(13(15)19-3)7-20(16,17)8-10-6-11(14)4-5-12(10)18-2/h4-6,9H,7-8H2,1-3H3. The summed E-state index contributed by atoms with van der Waals surface area (Å²) in [4.78, 5) is 11.3. The predicted octanol–water partition coefficient (Wildman–Crippen LogP) is 2.07. The van der Waals surface area contributed by atoms with E-state index in [0.717, 1.165) is 0 Å². The molecule has 0 fully saturated rings. The Labute approximate surface area is 123 Å². The van der Waals surface area contributed by atoms with Crippen molar-refractivity contribution < 1.29 is 22.7 Å². The highest BCUT2D eigenvalue weighted by molar-refractivity contribution is 7.90. The minimum absolute atomic E-state index is 0.238. The van der Waals surface area contributed by atoms with Gasteiger partial charge in [-0.15, -0.1) is 0 Å². The van der Waals surface area contributed by atoms with Crippen LogP contribution < -0.4 is 4.74 Å². The first-order valence-electron chi connectivity index (χ1n) is 5.89. The van der Waals surface area contributed by atoms with Gasteiger partial charge in [0, 0.05) is 10.6 Å². The number of esters is 1. The lowest BCUT2D eigenvalue weighted by molar-refractivity contribution is -0.144. The van der Waals surface area contributed by atoms with Crippen LogP contribution in [0.2, 0.25) is 5.02 Å². The lowest BCUT2D eigenvalue weighted by Gasteiger charge is -2.12. The van der Waals surface area contributed by atoms with E-state index in [1.54, 1.807) is 18.2 Å². The highest BCUT2D eigenvalue weighted by atomic mass is 35.5. The molecule has 112 valence electrons. The van der Waals surface area contributed by atoms with Gasteiger partial charge in [0.05, 0.1) is 31.6 Å². The highest BCUT2D eigenvalue weighted by Gasteiger charge is 2.23. The molecule has 0 heterocycles. The Morgan fingerprint density at radius 1 is 1.35 bits per heavy atom. The zero-order valence-corrected chi connectivity index (χ0v) is 13.1. The van der Waals surface area contributed by atoms with Gasteiger partial charge in [0.15, 0.2) is 9.84 Å². The van der Waals surface area contributed by atoms with Crippen LogP contribution in [0.3, 0.4) is 0 Å². The van der Waals surface area contributed by atoms with Crippen molar-refractivity contribution in [2.75, 3.05) is 20.0 Å². The van der Waals surface area contributed by atoms with E-state index in [9.17, 15) is 13.2 Å². The van der Waals surface area contributed by atoms with Crippen LogP contribution in [0.5, 0.6) is 5.75 Å². The monoisotopic (exact) mass is 320 g/mol. The fourth-order valence-electron chi connectivity index (χ4n) is 1.81. The largest absolute Gasteiger partial charge is 0.496 e. The summed E-state index contributed by atoms with van der Waals surface area (Å²) in [5.74, 6) is -1.33. The van der Waals surface area contributed by atoms with Gasteiger partial charge in [0.2, 0.25) is 0 Å². The molecular weight excluding hydrogens is 304 g/mol. The van der Waals surface area contributed by atoms with E-state index in [0.29, 0.717) is 16.3 Å². The van der Waals surface area contributed by atoms with Crippen molar-refractivity contribution in [3.63, 3.8) is 0 Å². The molecule has 0 aliphatic heterocycles. The number of sulfone groups is 1. The summed E-state index contributed by atoms with van der Waals surface area (Å²) in [6, 6.07) is 4.77. The van der Waals surface area contributed by atoms with Crippen LogP contribution in [0.1, 0.15) is 12.5 Å². The number of benzene rings is 1. The van der Waals surface area contributed by atoms with E-state index in [1.807, 2.05) is 0 Å². The van der Waals surface area contributed by atoms with Crippen LogP contribution in [0.25, 0.3) is 0 Å². The lowest BCUT2D eigenvalue weighted by Crippen LogP contribution is -2.23. The minimum atomic E-state index is -3.48. The van der Waals surface area contributed by atoms with Gasteiger partial charge in [0.1, 0.15) is 5.75 Å². The molecule has 5 nitrogen and oxygen atoms in total. The van der Waals surface area contributed by atoms with E-state index in [-0.39, 0.29) is 11.5 Å². The van der Waals surface area contributed by atoms with E-state index in [1.165, 1.54) is 21.1 Å². The number of rotatable bonds is 6. The van der Waals surface area contributed by atoms with Crippen molar-refractivity contribution in [1.29, 1.82) is 0 Å². The molecular formula is C13H17ClO5S. The number of carbonyl (C=O) groups excluding carboxylic acids is 1. The zero-order valence-electron chi connectivity index (χ0n) is 11.6. The minimum Gasteiger partial charge on any atom is -0.496 e. The molecule has 0 aliphatic carbocycles. The number of ether oxygens (including phenoxy) is 2. The zero-order chi connectivity index (χ0) is 15.3. The number of hydrogen-bond donors (Lipinski definition) is 0. The fourth-order valence-corrected chi connectivity index (χ4v) is 3.72. The number of carbonyl (C=O) groups is 1. The molecule has 1 atom stereocenters. The molecule has 0 saturated heterocycles. The topological polar surface area (TPSA) is 69.7 Å². The quantitative estimate of drug-likeness (QED) is 0.750. The summed E-state index contributed by atoms with van der Waals surface area (Å²) in [5, 5.41) is 0.428. The molecule has 7 heteroatoms. The lowest BCUT2D eigenvalue weighted by atomic mass is 10.2. The third-order valence-corrected chi connectivity index (χ3v) is 4.72. The smallest absolute Gasteiger partial charge is 0.309 e. The Morgan fingerprint density at radius 3 is 2.55 bits per heavy atom. The van der Waals surface area contributed by atoms with E-state index in [2.05, 4.69) is 4.74 Å². The first kappa shape index (κ1) is 16.8. The van der Waals surface area contributed by atoms with Gasteiger partial charge >= 0.3 is 5.97 Å². The van der Waals surface area contributed by atoms with E-state index in [4.69, 9.17) is 16.3 Å². The summed E-state index contributed by atoms with van der Waals surface area (Å²) in [5.41, 5.74) is 0.470. The highest BCUT2D eigenvalue weighted by Crippen LogP contribution is 2.25. The van der Waals surface area contributed by atoms with Crippen molar-refractivity contribution in [2.45, 2.75) is 12.7 Å². The van der Waals surface area contributed by atoms with Gasteiger partial charge in [-0.3, -0.25) is 4.79 Å². The van der Waals surface area contributed by atoms with Crippen molar-refractivity contribution >= 4 is 27.4 Å². The van der Waals surface area contributed by atoms with E-state index >= 15 is 0 Å². The average molecular weight is 321 g/mol. The van der Waals surface area contributed by atoms with Gasteiger partial charge < -0.3 is 9.47 Å². The van der Waals surface area contributed by atoms with Gasteiger partial charge in [-0.05, 0) is 18.2 Å².